The second-order valence-electron chi connectivity index (χ2n) is 3.98. The van der Waals surface area contributed by atoms with Gasteiger partial charge >= 0.3 is 0 Å². The fourth-order valence-corrected chi connectivity index (χ4v) is 2.59. The van der Waals surface area contributed by atoms with Crippen LogP contribution < -0.4 is 5.73 Å². The molecule has 2 aromatic rings. The van der Waals surface area contributed by atoms with E-state index in [4.69, 9.17) is 5.73 Å². The molecule has 0 radical (unpaired) electrons. The molecule has 0 spiro atoms. The molecule has 0 aliphatic carbocycles. The van der Waals surface area contributed by atoms with Gasteiger partial charge in [-0.25, -0.2) is 0 Å². The number of aryl methyl sites for hydroxylation is 1. The molecule has 78 valence electrons. The lowest BCUT2D eigenvalue weighted by molar-refractivity contribution is 0.617. The highest BCUT2D eigenvalue weighted by atomic mass is 32.1. The van der Waals surface area contributed by atoms with Gasteiger partial charge in [0.25, 0.3) is 0 Å². The van der Waals surface area contributed by atoms with E-state index in [2.05, 4.69) is 38.1 Å². The minimum absolute atomic E-state index is 0.375. The Morgan fingerprint density at radius 1 is 1.07 bits per heavy atom. The van der Waals surface area contributed by atoms with E-state index in [1.807, 2.05) is 18.2 Å². The van der Waals surface area contributed by atoms with E-state index < -0.39 is 0 Å². The maximum Gasteiger partial charge on any atom is 0.0730 e. The third-order valence-electron chi connectivity index (χ3n) is 2.63. The Labute approximate surface area is 94.6 Å². The van der Waals surface area contributed by atoms with Gasteiger partial charge in [-0.2, -0.15) is 0 Å². The Morgan fingerprint density at radius 2 is 1.73 bits per heavy atom. The van der Waals surface area contributed by atoms with E-state index >= 15 is 0 Å². The lowest BCUT2D eigenvalue weighted by atomic mass is 9.92. The summed E-state index contributed by atoms with van der Waals surface area (Å²) in [6.07, 6.45) is 0. The van der Waals surface area contributed by atoms with Gasteiger partial charge in [-0.3, -0.25) is 0 Å². The number of benzene rings is 1. The van der Waals surface area contributed by atoms with E-state index in [0.717, 1.165) is 5.56 Å². The normalized spacial score (nSPS) is 14.9. The van der Waals surface area contributed by atoms with Crippen LogP contribution in [0.4, 0.5) is 0 Å². The van der Waals surface area contributed by atoms with Gasteiger partial charge in [0.1, 0.15) is 0 Å². The molecule has 0 aliphatic rings. The monoisotopic (exact) mass is 217 g/mol. The van der Waals surface area contributed by atoms with Crippen LogP contribution in [0.2, 0.25) is 0 Å². The lowest BCUT2D eigenvalue weighted by Gasteiger charge is -2.23. The van der Waals surface area contributed by atoms with Gasteiger partial charge in [-0.05, 0) is 31.5 Å². The van der Waals surface area contributed by atoms with Crippen LogP contribution in [0, 0.1) is 6.92 Å². The number of thiophene rings is 1. The van der Waals surface area contributed by atoms with Crippen molar-refractivity contribution in [1.29, 1.82) is 0 Å². The Balaban J connectivity index is 2.43. The molecular formula is C13H15NS. The van der Waals surface area contributed by atoms with Crippen molar-refractivity contribution in [2.45, 2.75) is 19.4 Å². The highest BCUT2D eigenvalue weighted by Gasteiger charge is 2.24. The van der Waals surface area contributed by atoms with Gasteiger partial charge < -0.3 is 5.73 Å². The smallest absolute Gasteiger partial charge is 0.0730 e. The maximum atomic E-state index is 6.38. The first-order valence-electron chi connectivity index (χ1n) is 5.02. The fraction of sp³-hybridized carbons (Fsp3) is 0.231. The second kappa shape index (κ2) is 3.80. The molecule has 1 aromatic heterocycles. The molecule has 2 N–H and O–H groups in total. The van der Waals surface area contributed by atoms with Crippen LogP contribution in [0.1, 0.15) is 22.2 Å². The molecule has 0 bridgehead atoms. The van der Waals surface area contributed by atoms with Crippen LogP contribution in [-0.4, -0.2) is 0 Å². The third kappa shape index (κ3) is 1.96. The van der Waals surface area contributed by atoms with Crippen LogP contribution >= 0.6 is 11.3 Å². The summed E-state index contributed by atoms with van der Waals surface area (Å²) in [5, 5.41) is 0. The van der Waals surface area contributed by atoms with Crippen molar-refractivity contribution >= 4 is 11.3 Å². The Bertz CT molecular complexity index is 443. The highest BCUT2D eigenvalue weighted by molar-refractivity contribution is 7.12. The van der Waals surface area contributed by atoms with Crippen molar-refractivity contribution in [3.8, 4) is 0 Å². The first kappa shape index (κ1) is 10.4. The highest BCUT2D eigenvalue weighted by Crippen LogP contribution is 2.31. The van der Waals surface area contributed by atoms with Crippen molar-refractivity contribution in [3.05, 3.63) is 57.8 Å². The Kier molecular flexibility index (Phi) is 2.63. The average molecular weight is 217 g/mol. The molecule has 1 heterocycles. The van der Waals surface area contributed by atoms with Crippen molar-refractivity contribution < 1.29 is 0 Å². The summed E-state index contributed by atoms with van der Waals surface area (Å²) < 4.78 is 0. The zero-order valence-corrected chi connectivity index (χ0v) is 9.84. The largest absolute Gasteiger partial charge is 0.317 e. The maximum absolute atomic E-state index is 6.38. The number of rotatable bonds is 2. The molecule has 1 unspecified atom stereocenters. The van der Waals surface area contributed by atoms with Crippen LogP contribution in [0.5, 0.6) is 0 Å². The minimum atomic E-state index is -0.375. The van der Waals surface area contributed by atoms with Crippen molar-refractivity contribution in [2.24, 2.45) is 5.73 Å². The van der Waals surface area contributed by atoms with Crippen LogP contribution in [0.15, 0.2) is 42.5 Å². The molecule has 0 amide bonds. The SMILES string of the molecule is Cc1ccc(C(C)(N)c2ccccc2)s1. The molecule has 1 aromatic carbocycles. The third-order valence-corrected chi connectivity index (χ3v) is 3.86. The standard InChI is InChI=1S/C13H15NS/c1-10-8-9-12(15-10)13(2,14)11-6-4-3-5-7-11/h3-9H,14H2,1-2H3. The number of hydrogen-bond acceptors (Lipinski definition) is 2. The molecule has 0 saturated carbocycles. The average Bonchev–Trinajstić information content (AvgIpc) is 2.67. The van der Waals surface area contributed by atoms with Crippen LogP contribution in [0.25, 0.3) is 0 Å². The van der Waals surface area contributed by atoms with Gasteiger partial charge in [0.15, 0.2) is 0 Å². The lowest BCUT2D eigenvalue weighted by Crippen LogP contribution is -2.33. The van der Waals surface area contributed by atoms with Crippen molar-refractivity contribution in [1.82, 2.24) is 0 Å². The first-order valence-corrected chi connectivity index (χ1v) is 5.83. The summed E-state index contributed by atoms with van der Waals surface area (Å²) in [5.74, 6) is 0. The predicted molar refractivity (Wildman–Crippen MR) is 66.1 cm³/mol. The molecule has 0 aliphatic heterocycles. The van der Waals surface area contributed by atoms with E-state index in [1.54, 1.807) is 11.3 Å². The topological polar surface area (TPSA) is 26.0 Å². The zero-order valence-electron chi connectivity index (χ0n) is 9.03. The molecule has 2 rings (SSSR count). The van der Waals surface area contributed by atoms with E-state index in [9.17, 15) is 0 Å². The summed E-state index contributed by atoms with van der Waals surface area (Å²) >= 11 is 1.76. The number of nitrogens with two attached hydrogens (primary N) is 1. The molecule has 1 nitrogen and oxygen atoms in total. The van der Waals surface area contributed by atoms with Gasteiger partial charge in [0.05, 0.1) is 5.54 Å². The van der Waals surface area contributed by atoms with Gasteiger partial charge in [-0.15, -0.1) is 11.3 Å². The summed E-state index contributed by atoms with van der Waals surface area (Å²) in [6.45, 7) is 4.17. The van der Waals surface area contributed by atoms with E-state index in [-0.39, 0.29) is 5.54 Å². The van der Waals surface area contributed by atoms with Gasteiger partial charge in [-0.1, -0.05) is 30.3 Å². The summed E-state index contributed by atoms with van der Waals surface area (Å²) in [4.78, 5) is 2.52. The molecular weight excluding hydrogens is 202 g/mol. The Morgan fingerprint density at radius 3 is 2.27 bits per heavy atom. The summed E-state index contributed by atoms with van der Waals surface area (Å²) in [5.41, 5.74) is 7.17. The quantitative estimate of drug-likeness (QED) is 0.820. The van der Waals surface area contributed by atoms with Crippen LogP contribution in [-0.2, 0) is 5.54 Å². The molecule has 15 heavy (non-hydrogen) atoms. The fourth-order valence-electron chi connectivity index (χ4n) is 1.64. The van der Waals surface area contributed by atoms with Crippen LogP contribution in [0.3, 0.4) is 0 Å². The van der Waals surface area contributed by atoms with Gasteiger partial charge in [0, 0.05) is 9.75 Å². The van der Waals surface area contributed by atoms with E-state index in [1.165, 1.54) is 9.75 Å². The molecule has 1 atom stereocenters. The Hall–Kier alpha value is -1.12. The first-order chi connectivity index (χ1) is 7.10. The predicted octanol–water partition coefficient (Wildman–Crippen LogP) is 3.28. The number of hydrogen-bond donors (Lipinski definition) is 1. The minimum Gasteiger partial charge on any atom is -0.317 e. The second-order valence-corrected chi connectivity index (χ2v) is 5.27. The molecule has 0 saturated heterocycles. The van der Waals surface area contributed by atoms with E-state index in [0.29, 0.717) is 0 Å². The zero-order chi connectivity index (χ0) is 10.9. The van der Waals surface area contributed by atoms with Gasteiger partial charge in [0.2, 0.25) is 0 Å². The van der Waals surface area contributed by atoms with Crippen molar-refractivity contribution in [3.63, 3.8) is 0 Å². The van der Waals surface area contributed by atoms with Crippen molar-refractivity contribution in [2.75, 3.05) is 0 Å². The summed E-state index contributed by atoms with van der Waals surface area (Å²) in [6, 6.07) is 14.5. The summed E-state index contributed by atoms with van der Waals surface area (Å²) in [7, 11) is 0. The molecule has 2 heteroatoms. The molecule has 0 fully saturated rings.